The second kappa shape index (κ2) is 8.25. The summed E-state index contributed by atoms with van der Waals surface area (Å²) in [5.41, 5.74) is 1.22. The van der Waals surface area contributed by atoms with Crippen molar-refractivity contribution in [1.82, 2.24) is 15.1 Å². The van der Waals surface area contributed by atoms with Gasteiger partial charge >= 0.3 is 0 Å². The molecule has 1 atom stereocenters. The highest BCUT2D eigenvalue weighted by molar-refractivity contribution is 5.10. The highest BCUT2D eigenvalue weighted by Gasteiger charge is 2.12. The second-order valence-electron chi connectivity index (χ2n) is 4.22. The number of aryl methyl sites for hydroxylation is 1. The summed E-state index contributed by atoms with van der Waals surface area (Å²) in [6.07, 6.45) is 6.23. The molecule has 0 amide bonds. The summed E-state index contributed by atoms with van der Waals surface area (Å²) in [4.78, 5) is 0. The van der Waals surface area contributed by atoms with Crippen molar-refractivity contribution in [2.75, 3.05) is 19.8 Å². The molecule has 1 unspecified atom stereocenters. The van der Waals surface area contributed by atoms with Crippen LogP contribution in [0.25, 0.3) is 0 Å². The van der Waals surface area contributed by atoms with E-state index in [9.17, 15) is 0 Å². The monoisotopic (exact) mass is 239 g/mol. The molecule has 4 nitrogen and oxygen atoms in total. The van der Waals surface area contributed by atoms with Crippen LogP contribution < -0.4 is 5.32 Å². The first-order chi connectivity index (χ1) is 8.31. The van der Waals surface area contributed by atoms with E-state index in [0.717, 1.165) is 39.1 Å². The van der Waals surface area contributed by atoms with Gasteiger partial charge in [0.2, 0.25) is 0 Å². The maximum atomic E-state index is 5.62. The molecular weight excluding hydrogens is 214 g/mol. The fourth-order valence-corrected chi connectivity index (χ4v) is 1.78. The van der Waals surface area contributed by atoms with Gasteiger partial charge in [0.25, 0.3) is 0 Å². The molecule has 98 valence electrons. The van der Waals surface area contributed by atoms with E-state index in [2.05, 4.69) is 37.4 Å². The SMILES string of the molecule is CCCOCC(NCC)c1cnn(CCC)c1. The van der Waals surface area contributed by atoms with Gasteiger partial charge in [-0.25, -0.2) is 0 Å². The fraction of sp³-hybridized carbons (Fsp3) is 0.769. The third-order valence-corrected chi connectivity index (χ3v) is 2.59. The minimum absolute atomic E-state index is 0.261. The second-order valence-corrected chi connectivity index (χ2v) is 4.22. The average molecular weight is 239 g/mol. The van der Waals surface area contributed by atoms with E-state index in [-0.39, 0.29) is 6.04 Å². The molecule has 1 aromatic heterocycles. The quantitative estimate of drug-likeness (QED) is 0.672. The first-order valence-electron chi connectivity index (χ1n) is 6.65. The molecular formula is C13H25N3O. The van der Waals surface area contributed by atoms with Crippen LogP contribution in [0.5, 0.6) is 0 Å². The van der Waals surface area contributed by atoms with Crippen molar-refractivity contribution >= 4 is 0 Å². The Bertz CT molecular complexity index is 299. The van der Waals surface area contributed by atoms with Crippen molar-refractivity contribution in [2.45, 2.75) is 46.2 Å². The highest BCUT2D eigenvalue weighted by atomic mass is 16.5. The van der Waals surface area contributed by atoms with Gasteiger partial charge in [-0.05, 0) is 19.4 Å². The molecule has 0 aliphatic rings. The Kier molecular flexibility index (Phi) is 6.89. The molecule has 1 N–H and O–H groups in total. The lowest BCUT2D eigenvalue weighted by atomic mass is 10.2. The van der Waals surface area contributed by atoms with E-state index >= 15 is 0 Å². The Morgan fingerprint density at radius 1 is 1.35 bits per heavy atom. The predicted octanol–water partition coefficient (Wildman–Crippen LogP) is 2.37. The summed E-state index contributed by atoms with van der Waals surface area (Å²) >= 11 is 0. The number of nitrogens with zero attached hydrogens (tertiary/aromatic N) is 2. The van der Waals surface area contributed by atoms with Crippen LogP contribution in [0.15, 0.2) is 12.4 Å². The molecule has 1 aromatic rings. The minimum Gasteiger partial charge on any atom is -0.379 e. The Morgan fingerprint density at radius 2 is 2.18 bits per heavy atom. The molecule has 0 aliphatic carbocycles. The van der Waals surface area contributed by atoms with Crippen LogP contribution in [0.1, 0.15) is 45.2 Å². The molecule has 0 fully saturated rings. The molecule has 0 aromatic carbocycles. The van der Waals surface area contributed by atoms with Crippen molar-refractivity contribution in [2.24, 2.45) is 0 Å². The Morgan fingerprint density at radius 3 is 2.82 bits per heavy atom. The number of nitrogens with one attached hydrogen (secondary N) is 1. The average Bonchev–Trinajstić information content (AvgIpc) is 2.77. The first kappa shape index (κ1) is 14.2. The van der Waals surface area contributed by atoms with Gasteiger partial charge in [-0.1, -0.05) is 20.8 Å². The number of ether oxygens (including phenoxy) is 1. The summed E-state index contributed by atoms with van der Waals surface area (Å²) in [5, 5.41) is 7.79. The number of rotatable bonds is 9. The number of aromatic nitrogens is 2. The van der Waals surface area contributed by atoms with E-state index in [1.54, 1.807) is 0 Å². The van der Waals surface area contributed by atoms with Gasteiger partial charge in [0.1, 0.15) is 0 Å². The highest BCUT2D eigenvalue weighted by Crippen LogP contribution is 2.12. The third kappa shape index (κ3) is 4.88. The zero-order valence-corrected chi connectivity index (χ0v) is 11.3. The van der Waals surface area contributed by atoms with E-state index in [0.29, 0.717) is 0 Å². The van der Waals surface area contributed by atoms with Gasteiger partial charge in [-0.15, -0.1) is 0 Å². The molecule has 0 radical (unpaired) electrons. The maximum Gasteiger partial charge on any atom is 0.0662 e. The molecule has 1 heterocycles. The van der Waals surface area contributed by atoms with Crippen molar-refractivity contribution in [3.8, 4) is 0 Å². The van der Waals surface area contributed by atoms with Gasteiger partial charge in [0, 0.05) is 24.9 Å². The molecule has 0 saturated carbocycles. The van der Waals surface area contributed by atoms with E-state index in [1.807, 2.05) is 10.9 Å². The summed E-state index contributed by atoms with van der Waals surface area (Å²) in [5.74, 6) is 0. The standard InChI is InChI=1S/C13H25N3O/c1-4-7-16-10-12(9-15-16)13(14-6-3)11-17-8-5-2/h9-10,13-14H,4-8,11H2,1-3H3. The van der Waals surface area contributed by atoms with Crippen LogP contribution in [-0.4, -0.2) is 29.5 Å². The Balaban J connectivity index is 2.54. The Hall–Kier alpha value is -0.870. The maximum absolute atomic E-state index is 5.62. The van der Waals surface area contributed by atoms with Crippen molar-refractivity contribution in [3.05, 3.63) is 18.0 Å². The minimum atomic E-state index is 0.261. The molecule has 1 rings (SSSR count). The third-order valence-electron chi connectivity index (χ3n) is 2.59. The molecule has 0 aliphatic heterocycles. The van der Waals surface area contributed by atoms with Crippen LogP contribution in [0, 0.1) is 0 Å². The zero-order valence-electron chi connectivity index (χ0n) is 11.3. The lowest BCUT2D eigenvalue weighted by molar-refractivity contribution is 0.112. The van der Waals surface area contributed by atoms with Gasteiger partial charge in [-0.2, -0.15) is 5.10 Å². The Labute approximate surface area is 104 Å². The van der Waals surface area contributed by atoms with E-state index < -0.39 is 0 Å². The summed E-state index contributed by atoms with van der Waals surface area (Å²) < 4.78 is 7.62. The van der Waals surface area contributed by atoms with Crippen LogP contribution >= 0.6 is 0 Å². The predicted molar refractivity (Wildman–Crippen MR) is 70.0 cm³/mol. The van der Waals surface area contributed by atoms with Gasteiger partial charge < -0.3 is 10.1 Å². The van der Waals surface area contributed by atoms with E-state index in [4.69, 9.17) is 4.74 Å². The van der Waals surface area contributed by atoms with Crippen LogP contribution in [0.3, 0.4) is 0 Å². The topological polar surface area (TPSA) is 39.1 Å². The number of likely N-dealkylation sites (N-methyl/N-ethyl adjacent to an activating group) is 1. The van der Waals surface area contributed by atoms with Crippen molar-refractivity contribution in [3.63, 3.8) is 0 Å². The summed E-state index contributed by atoms with van der Waals surface area (Å²) in [6.45, 7) is 9.87. The van der Waals surface area contributed by atoms with Crippen LogP contribution in [0.2, 0.25) is 0 Å². The largest absolute Gasteiger partial charge is 0.379 e. The van der Waals surface area contributed by atoms with Gasteiger partial charge in [0.15, 0.2) is 0 Å². The van der Waals surface area contributed by atoms with Crippen molar-refractivity contribution in [1.29, 1.82) is 0 Å². The fourth-order valence-electron chi connectivity index (χ4n) is 1.78. The molecule has 17 heavy (non-hydrogen) atoms. The zero-order chi connectivity index (χ0) is 12.5. The van der Waals surface area contributed by atoms with Crippen LogP contribution in [0.4, 0.5) is 0 Å². The molecule has 0 spiro atoms. The summed E-state index contributed by atoms with van der Waals surface area (Å²) in [6, 6.07) is 0.261. The summed E-state index contributed by atoms with van der Waals surface area (Å²) in [7, 11) is 0. The van der Waals surface area contributed by atoms with E-state index in [1.165, 1.54) is 5.56 Å². The molecule has 0 saturated heterocycles. The van der Waals surface area contributed by atoms with Gasteiger partial charge in [0.05, 0.1) is 18.8 Å². The number of hydrogen-bond acceptors (Lipinski definition) is 3. The van der Waals surface area contributed by atoms with Gasteiger partial charge in [-0.3, -0.25) is 4.68 Å². The number of hydrogen-bond donors (Lipinski definition) is 1. The molecule has 0 bridgehead atoms. The smallest absolute Gasteiger partial charge is 0.0662 e. The first-order valence-corrected chi connectivity index (χ1v) is 6.65. The molecule has 4 heteroatoms. The van der Waals surface area contributed by atoms with Crippen LogP contribution in [-0.2, 0) is 11.3 Å². The van der Waals surface area contributed by atoms with Crippen molar-refractivity contribution < 1.29 is 4.74 Å². The lowest BCUT2D eigenvalue weighted by Crippen LogP contribution is -2.25. The normalized spacial score (nSPS) is 12.9. The lowest BCUT2D eigenvalue weighted by Gasteiger charge is -2.16.